The maximum Gasteiger partial charge on any atom is 0.119 e. The van der Waals surface area contributed by atoms with E-state index in [4.69, 9.17) is 5.73 Å². The first-order chi connectivity index (χ1) is 8.05. The molecule has 2 atom stereocenters. The van der Waals surface area contributed by atoms with Crippen molar-refractivity contribution in [2.24, 2.45) is 11.7 Å². The molecule has 1 saturated carbocycles. The van der Waals surface area contributed by atoms with Crippen molar-refractivity contribution in [2.75, 3.05) is 33.2 Å². The van der Waals surface area contributed by atoms with Gasteiger partial charge in [-0.25, -0.2) is 0 Å². The number of nitrogens with zero attached hydrogens (tertiary/aromatic N) is 3. The van der Waals surface area contributed by atoms with Crippen LogP contribution in [-0.2, 0) is 0 Å². The molecule has 1 aliphatic heterocycles. The maximum atomic E-state index is 9.32. The second-order valence-corrected chi connectivity index (χ2v) is 5.86. The smallest absolute Gasteiger partial charge is 0.119 e. The number of hydrogen-bond acceptors (Lipinski definition) is 4. The topological polar surface area (TPSA) is 56.3 Å². The third kappa shape index (κ3) is 2.98. The first-order valence-corrected chi connectivity index (χ1v) is 6.68. The monoisotopic (exact) mass is 236 g/mol. The minimum Gasteiger partial charge on any atom is -0.312 e. The molecule has 0 radical (unpaired) electrons. The highest BCUT2D eigenvalue weighted by Gasteiger charge is 2.44. The summed E-state index contributed by atoms with van der Waals surface area (Å²) in [4.78, 5) is 4.78. The standard InChI is InChI=1S/C13H24N4/c1-11-8-16(2)6-3-7-17(11)10-13(15,9-14)12-4-5-12/h11-12H,3-8,10,15H2,1-2H3. The van der Waals surface area contributed by atoms with Gasteiger partial charge in [0.05, 0.1) is 6.07 Å². The van der Waals surface area contributed by atoms with Gasteiger partial charge in [-0.15, -0.1) is 0 Å². The van der Waals surface area contributed by atoms with Crippen LogP contribution in [-0.4, -0.2) is 54.6 Å². The lowest BCUT2D eigenvalue weighted by molar-refractivity contribution is 0.168. The van der Waals surface area contributed by atoms with Crippen molar-refractivity contribution < 1.29 is 0 Å². The van der Waals surface area contributed by atoms with Gasteiger partial charge in [-0.2, -0.15) is 5.26 Å². The third-order valence-electron chi connectivity index (χ3n) is 4.16. The van der Waals surface area contributed by atoms with E-state index in [2.05, 4.69) is 29.8 Å². The van der Waals surface area contributed by atoms with E-state index in [9.17, 15) is 5.26 Å². The van der Waals surface area contributed by atoms with E-state index < -0.39 is 5.54 Å². The lowest BCUT2D eigenvalue weighted by atomic mass is 9.95. The molecule has 0 bridgehead atoms. The summed E-state index contributed by atoms with van der Waals surface area (Å²) in [5.41, 5.74) is 5.65. The maximum absolute atomic E-state index is 9.32. The molecule has 17 heavy (non-hydrogen) atoms. The van der Waals surface area contributed by atoms with E-state index >= 15 is 0 Å². The normalized spacial score (nSPS) is 31.5. The largest absolute Gasteiger partial charge is 0.312 e. The van der Waals surface area contributed by atoms with Crippen LogP contribution < -0.4 is 5.73 Å². The predicted molar refractivity (Wildman–Crippen MR) is 68.4 cm³/mol. The van der Waals surface area contributed by atoms with Gasteiger partial charge in [0, 0.05) is 19.1 Å². The van der Waals surface area contributed by atoms with Crippen LogP contribution in [0.4, 0.5) is 0 Å². The molecule has 0 aromatic rings. The summed E-state index contributed by atoms with van der Waals surface area (Å²) in [6.45, 7) is 6.27. The molecule has 4 nitrogen and oxygen atoms in total. The zero-order valence-corrected chi connectivity index (χ0v) is 11.0. The second-order valence-electron chi connectivity index (χ2n) is 5.86. The fourth-order valence-electron chi connectivity index (χ4n) is 2.85. The Hall–Kier alpha value is -0.630. The molecule has 0 aromatic heterocycles. The van der Waals surface area contributed by atoms with E-state index in [1.807, 2.05) is 0 Å². The van der Waals surface area contributed by atoms with Gasteiger partial charge in [-0.05, 0) is 52.2 Å². The van der Waals surface area contributed by atoms with E-state index in [0.29, 0.717) is 12.0 Å². The molecule has 2 N–H and O–H groups in total. The minimum atomic E-state index is -0.614. The van der Waals surface area contributed by atoms with Crippen molar-refractivity contribution in [3.05, 3.63) is 0 Å². The van der Waals surface area contributed by atoms with Gasteiger partial charge in [0.2, 0.25) is 0 Å². The number of rotatable bonds is 3. The van der Waals surface area contributed by atoms with Gasteiger partial charge in [-0.3, -0.25) is 4.90 Å². The average molecular weight is 236 g/mol. The summed E-state index contributed by atoms with van der Waals surface area (Å²) in [5, 5.41) is 9.32. The Morgan fingerprint density at radius 1 is 1.41 bits per heavy atom. The summed E-state index contributed by atoms with van der Waals surface area (Å²) >= 11 is 0. The molecule has 2 fully saturated rings. The van der Waals surface area contributed by atoms with Crippen LogP contribution in [0.1, 0.15) is 26.2 Å². The van der Waals surface area contributed by atoms with Gasteiger partial charge in [0.25, 0.3) is 0 Å². The van der Waals surface area contributed by atoms with Crippen molar-refractivity contribution in [3.8, 4) is 6.07 Å². The summed E-state index contributed by atoms with van der Waals surface area (Å²) in [6.07, 6.45) is 3.44. The van der Waals surface area contributed by atoms with Crippen LogP contribution in [0, 0.1) is 17.2 Å². The van der Waals surface area contributed by atoms with Crippen molar-refractivity contribution >= 4 is 0 Å². The Bertz CT molecular complexity index is 307. The molecule has 0 amide bonds. The Morgan fingerprint density at radius 2 is 2.12 bits per heavy atom. The summed E-state index contributed by atoms with van der Waals surface area (Å²) < 4.78 is 0. The van der Waals surface area contributed by atoms with E-state index in [-0.39, 0.29) is 0 Å². The van der Waals surface area contributed by atoms with Gasteiger partial charge in [-0.1, -0.05) is 0 Å². The third-order valence-corrected chi connectivity index (χ3v) is 4.16. The molecule has 4 heteroatoms. The lowest BCUT2D eigenvalue weighted by Gasteiger charge is -2.34. The molecule has 2 aliphatic rings. The average Bonchev–Trinajstić information content (AvgIpc) is 3.10. The number of nitriles is 1. The van der Waals surface area contributed by atoms with Crippen LogP contribution >= 0.6 is 0 Å². The van der Waals surface area contributed by atoms with Crippen LogP contribution in [0.15, 0.2) is 0 Å². The Kier molecular flexibility index (Phi) is 3.72. The summed E-state index contributed by atoms with van der Waals surface area (Å²) in [6, 6.07) is 2.86. The molecule has 0 aromatic carbocycles. The molecular formula is C13H24N4. The van der Waals surface area contributed by atoms with Gasteiger partial charge < -0.3 is 10.6 Å². The molecular weight excluding hydrogens is 212 g/mol. The van der Waals surface area contributed by atoms with Crippen LogP contribution in [0.2, 0.25) is 0 Å². The highest BCUT2D eigenvalue weighted by atomic mass is 15.2. The molecule has 0 spiro atoms. The van der Waals surface area contributed by atoms with Crippen LogP contribution in [0.25, 0.3) is 0 Å². The zero-order chi connectivity index (χ0) is 12.5. The van der Waals surface area contributed by atoms with E-state index in [1.165, 1.54) is 6.42 Å². The Balaban J connectivity index is 1.99. The molecule has 1 heterocycles. The summed E-state index contributed by atoms with van der Waals surface area (Å²) in [5.74, 6) is 0.431. The van der Waals surface area contributed by atoms with Gasteiger partial charge in [0.15, 0.2) is 0 Å². The SMILES string of the molecule is CC1CN(C)CCCN1CC(N)(C#N)C1CC1. The summed E-state index contributed by atoms with van der Waals surface area (Å²) in [7, 11) is 2.17. The molecule has 1 aliphatic carbocycles. The van der Waals surface area contributed by atoms with Crippen LogP contribution in [0.3, 0.4) is 0 Å². The quantitative estimate of drug-likeness (QED) is 0.781. The molecule has 96 valence electrons. The van der Waals surface area contributed by atoms with Crippen molar-refractivity contribution in [1.82, 2.24) is 9.80 Å². The van der Waals surface area contributed by atoms with Crippen molar-refractivity contribution in [2.45, 2.75) is 37.8 Å². The molecule has 2 rings (SSSR count). The fourth-order valence-corrected chi connectivity index (χ4v) is 2.85. The first kappa shape index (κ1) is 12.8. The predicted octanol–water partition coefficient (Wildman–Crippen LogP) is 0.643. The second kappa shape index (κ2) is 4.93. The minimum absolute atomic E-state index is 0.431. The Labute approximate surface area is 104 Å². The highest BCUT2D eigenvalue weighted by molar-refractivity contribution is 5.15. The van der Waals surface area contributed by atoms with Crippen LogP contribution in [0.5, 0.6) is 0 Å². The van der Waals surface area contributed by atoms with E-state index in [0.717, 1.165) is 39.0 Å². The lowest BCUT2D eigenvalue weighted by Crippen LogP contribution is -2.54. The van der Waals surface area contributed by atoms with Gasteiger partial charge in [0.1, 0.15) is 5.54 Å². The van der Waals surface area contributed by atoms with Gasteiger partial charge >= 0.3 is 0 Å². The Morgan fingerprint density at radius 3 is 2.71 bits per heavy atom. The molecule has 2 unspecified atom stereocenters. The molecule has 1 saturated heterocycles. The fraction of sp³-hybridized carbons (Fsp3) is 0.923. The van der Waals surface area contributed by atoms with E-state index in [1.54, 1.807) is 0 Å². The zero-order valence-electron chi connectivity index (χ0n) is 11.0. The first-order valence-electron chi connectivity index (χ1n) is 6.68. The van der Waals surface area contributed by atoms with Crippen molar-refractivity contribution in [1.29, 1.82) is 5.26 Å². The highest BCUT2D eigenvalue weighted by Crippen LogP contribution is 2.38. The van der Waals surface area contributed by atoms with Crippen molar-refractivity contribution in [3.63, 3.8) is 0 Å². The number of nitrogens with two attached hydrogens (primary N) is 1. The number of likely N-dealkylation sites (N-methyl/N-ethyl adjacent to an activating group) is 1. The number of hydrogen-bond donors (Lipinski definition) is 1.